The largest absolute Gasteiger partial charge is 0.304 e. The van der Waals surface area contributed by atoms with E-state index in [4.69, 9.17) is 5.26 Å². The minimum Gasteiger partial charge on any atom is -0.304 e. The van der Waals surface area contributed by atoms with Crippen molar-refractivity contribution in [3.63, 3.8) is 0 Å². The van der Waals surface area contributed by atoms with Crippen LogP contribution in [0.15, 0.2) is 0 Å². The molecule has 0 radical (unpaired) electrons. The van der Waals surface area contributed by atoms with Crippen LogP contribution in [-0.2, 0) is 0 Å². The molecule has 2 nitrogen and oxygen atoms in total. The highest BCUT2D eigenvalue weighted by Crippen LogP contribution is 2.21. The van der Waals surface area contributed by atoms with Crippen LogP contribution in [0.5, 0.6) is 0 Å². The van der Waals surface area contributed by atoms with E-state index in [0.29, 0.717) is 0 Å². The van der Waals surface area contributed by atoms with Crippen LogP contribution in [0.1, 0.15) is 46.0 Å². The second-order valence-corrected chi connectivity index (χ2v) is 4.02. The van der Waals surface area contributed by atoms with Crippen molar-refractivity contribution in [1.82, 2.24) is 4.90 Å². The number of unbranched alkanes of at least 4 members (excludes halogenated alkanes) is 1. The first-order chi connectivity index (χ1) is 6.86. The first-order valence-electron chi connectivity index (χ1n) is 5.85. The van der Waals surface area contributed by atoms with Crippen molar-refractivity contribution in [3.05, 3.63) is 0 Å². The van der Waals surface area contributed by atoms with Gasteiger partial charge in [-0.3, -0.25) is 0 Å². The lowest BCUT2D eigenvalue weighted by molar-refractivity contribution is 0.185. The van der Waals surface area contributed by atoms with Gasteiger partial charge >= 0.3 is 0 Å². The number of hydrogen-bond acceptors (Lipinski definition) is 2. The van der Waals surface area contributed by atoms with Crippen molar-refractivity contribution in [3.8, 4) is 6.57 Å². The van der Waals surface area contributed by atoms with Crippen LogP contribution in [0.25, 0.3) is 0 Å². The highest BCUT2D eigenvalue weighted by molar-refractivity contribution is 4.70. The molecule has 1 aliphatic heterocycles. The van der Waals surface area contributed by atoms with Gasteiger partial charge in [0.1, 0.15) is 0 Å². The fourth-order valence-corrected chi connectivity index (χ4v) is 2.08. The number of nitrogens with zero attached hydrogens (tertiary/aromatic N) is 2. The van der Waals surface area contributed by atoms with Crippen molar-refractivity contribution in [2.24, 2.45) is 5.92 Å². The van der Waals surface area contributed by atoms with Crippen LogP contribution in [-0.4, -0.2) is 24.5 Å². The quantitative estimate of drug-likeness (QED) is 0.691. The Morgan fingerprint density at radius 3 is 2.21 bits per heavy atom. The molecular weight excluding hydrogens is 172 g/mol. The van der Waals surface area contributed by atoms with Gasteiger partial charge in [0, 0.05) is 6.57 Å². The molecule has 1 rings (SSSR count). The smallest absolute Gasteiger partial charge is 0.0462 e. The molecule has 0 bridgehead atoms. The Bertz CT molecular complexity index is 135. The summed E-state index contributed by atoms with van der Waals surface area (Å²) in [5.41, 5.74) is 0. The molecule has 1 aliphatic rings. The molecule has 0 aromatic rings. The van der Waals surface area contributed by atoms with Crippen LogP contribution in [0, 0.1) is 17.8 Å². The Labute approximate surface area is 88.9 Å². The van der Waals surface area contributed by atoms with Gasteiger partial charge in [-0.25, -0.2) is 5.26 Å². The standard InChI is InChI=1S/C11H23N.CHN/c1-3-5-6-11-7-9-12(4-2)10-8-11;1-2/h11H,3-10H2,1-2H3;1H. The molecule has 0 unspecified atom stereocenters. The molecule has 0 spiro atoms. The highest BCUT2D eigenvalue weighted by Gasteiger charge is 2.16. The molecule has 0 atom stereocenters. The van der Waals surface area contributed by atoms with Gasteiger partial charge in [-0.05, 0) is 38.4 Å². The maximum absolute atomic E-state index is 6.50. The first-order valence-corrected chi connectivity index (χ1v) is 5.85. The zero-order valence-electron chi connectivity index (χ0n) is 9.71. The molecule has 0 aliphatic carbocycles. The van der Waals surface area contributed by atoms with E-state index in [0.717, 1.165) is 5.92 Å². The summed E-state index contributed by atoms with van der Waals surface area (Å²) in [7, 11) is 0. The van der Waals surface area contributed by atoms with Gasteiger partial charge in [0.05, 0.1) is 0 Å². The summed E-state index contributed by atoms with van der Waals surface area (Å²) in [6.07, 6.45) is 7.19. The molecule has 14 heavy (non-hydrogen) atoms. The van der Waals surface area contributed by atoms with E-state index in [1.54, 1.807) is 0 Å². The summed E-state index contributed by atoms with van der Waals surface area (Å²) >= 11 is 0. The summed E-state index contributed by atoms with van der Waals surface area (Å²) in [4.78, 5) is 2.57. The summed E-state index contributed by atoms with van der Waals surface area (Å²) < 4.78 is 0. The SMILES string of the molecule is C#N.CCCCC1CCN(CC)CC1. The zero-order valence-corrected chi connectivity index (χ0v) is 9.71. The van der Waals surface area contributed by atoms with Gasteiger partial charge in [0.15, 0.2) is 0 Å². The molecule has 1 fully saturated rings. The minimum atomic E-state index is 1.05. The second-order valence-electron chi connectivity index (χ2n) is 4.02. The number of likely N-dealkylation sites (tertiary alicyclic amines) is 1. The molecule has 0 aromatic carbocycles. The number of hydrogen-bond donors (Lipinski definition) is 0. The van der Waals surface area contributed by atoms with Gasteiger partial charge in [-0.15, -0.1) is 0 Å². The average Bonchev–Trinajstić information content (AvgIpc) is 2.30. The van der Waals surface area contributed by atoms with E-state index in [1.807, 2.05) is 0 Å². The molecule has 1 heterocycles. The normalized spacial score (nSPS) is 18.6. The minimum absolute atomic E-state index is 1.05. The molecule has 0 saturated carbocycles. The van der Waals surface area contributed by atoms with E-state index >= 15 is 0 Å². The van der Waals surface area contributed by atoms with Gasteiger partial charge in [0.25, 0.3) is 0 Å². The third kappa shape index (κ3) is 5.24. The predicted molar refractivity (Wildman–Crippen MR) is 61.0 cm³/mol. The molecular formula is C12H24N2. The zero-order chi connectivity index (χ0) is 10.8. The van der Waals surface area contributed by atoms with E-state index in [2.05, 4.69) is 25.3 Å². The molecule has 1 saturated heterocycles. The maximum Gasteiger partial charge on any atom is 0.0462 e. The van der Waals surface area contributed by atoms with Crippen molar-refractivity contribution >= 4 is 0 Å². The van der Waals surface area contributed by atoms with Gasteiger partial charge in [-0.2, -0.15) is 0 Å². The Morgan fingerprint density at radius 1 is 1.21 bits per heavy atom. The summed E-state index contributed by atoms with van der Waals surface area (Å²) in [5.74, 6) is 1.05. The predicted octanol–water partition coefficient (Wildman–Crippen LogP) is 3.05. The Morgan fingerprint density at radius 2 is 1.79 bits per heavy atom. The lowest BCUT2D eigenvalue weighted by Crippen LogP contribution is -2.33. The van der Waals surface area contributed by atoms with E-state index in [-0.39, 0.29) is 0 Å². The van der Waals surface area contributed by atoms with Crippen LogP contribution >= 0.6 is 0 Å². The summed E-state index contributed by atoms with van der Waals surface area (Å²) in [5, 5.41) is 6.50. The third-order valence-electron chi connectivity index (χ3n) is 3.12. The van der Waals surface area contributed by atoms with Crippen molar-refractivity contribution in [2.45, 2.75) is 46.0 Å². The number of rotatable bonds is 4. The van der Waals surface area contributed by atoms with E-state index < -0.39 is 0 Å². The molecule has 0 N–H and O–H groups in total. The maximum atomic E-state index is 6.50. The fraction of sp³-hybridized carbons (Fsp3) is 0.917. The molecule has 0 aromatic heterocycles. The van der Waals surface area contributed by atoms with Crippen LogP contribution in [0.2, 0.25) is 0 Å². The topological polar surface area (TPSA) is 27.0 Å². The van der Waals surface area contributed by atoms with E-state index in [9.17, 15) is 0 Å². The Balaban J connectivity index is 0.000000791. The summed E-state index contributed by atoms with van der Waals surface area (Å²) in [6, 6.07) is 0. The average molecular weight is 196 g/mol. The fourth-order valence-electron chi connectivity index (χ4n) is 2.08. The van der Waals surface area contributed by atoms with Crippen molar-refractivity contribution < 1.29 is 0 Å². The lowest BCUT2D eigenvalue weighted by atomic mass is 9.92. The van der Waals surface area contributed by atoms with Crippen molar-refractivity contribution in [1.29, 1.82) is 5.26 Å². The third-order valence-corrected chi connectivity index (χ3v) is 3.12. The first kappa shape index (κ1) is 13.4. The van der Waals surface area contributed by atoms with Crippen LogP contribution in [0.3, 0.4) is 0 Å². The van der Waals surface area contributed by atoms with Gasteiger partial charge in [-0.1, -0.05) is 33.1 Å². The summed E-state index contributed by atoms with van der Waals surface area (Å²) in [6.45, 7) is 12.0. The highest BCUT2D eigenvalue weighted by atomic mass is 15.1. The van der Waals surface area contributed by atoms with Gasteiger partial charge < -0.3 is 4.90 Å². The molecule has 0 amide bonds. The Kier molecular flexibility index (Phi) is 8.67. The number of nitriles is 1. The van der Waals surface area contributed by atoms with Crippen molar-refractivity contribution in [2.75, 3.05) is 19.6 Å². The van der Waals surface area contributed by atoms with Crippen LogP contribution in [0.4, 0.5) is 0 Å². The Hall–Kier alpha value is -0.550. The number of piperidine rings is 1. The lowest BCUT2D eigenvalue weighted by Gasteiger charge is -2.30. The molecule has 82 valence electrons. The monoisotopic (exact) mass is 196 g/mol. The molecule has 2 heteroatoms. The van der Waals surface area contributed by atoms with Gasteiger partial charge in [0.2, 0.25) is 0 Å². The van der Waals surface area contributed by atoms with Crippen LogP contribution < -0.4 is 0 Å². The van der Waals surface area contributed by atoms with E-state index in [1.165, 1.54) is 51.7 Å². The second kappa shape index (κ2) is 9.02.